The number of benzene rings is 1. The zero-order valence-corrected chi connectivity index (χ0v) is 8.32. The molecule has 3 heteroatoms. The summed E-state index contributed by atoms with van der Waals surface area (Å²) in [6, 6.07) is 5.39. The Morgan fingerprint density at radius 2 is 2.25 bits per heavy atom. The van der Waals surface area contributed by atoms with Gasteiger partial charge >= 0.3 is 0 Å². The lowest BCUT2D eigenvalue weighted by Crippen LogP contribution is -1.84. The van der Waals surface area contributed by atoms with Crippen molar-refractivity contribution in [3.63, 3.8) is 0 Å². The van der Waals surface area contributed by atoms with Gasteiger partial charge in [0.05, 0.1) is 12.1 Å². The van der Waals surface area contributed by atoms with Gasteiger partial charge in [-0.3, -0.25) is 0 Å². The van der Waals surface area contributed by atoms with Crippen LogP contribution in [0.25, 0.3) is 4.91 Å². The highest BCUT2D eigenvalue weighted by molar-refractivity contribution is 7.90. The zero-order valence-electron chi connectivity index (χ0n) is 6.67. The molecule has 64 valence electrons. The SMILES string of the molecule is C=C(S)c1ccc(OC)cc1Cl. The molecule has 0 N–H and O–H groups in total. The van der Waals surface area contributed by atoms with Crippen LogP contribution in [0.2, 0.25) is 5.02 Å². The molecule has 0 aromatic heterocycles. The maximum absolute atomic E-state index is 5.91. The van der Waals surface area contributed by atoms with Gasteiger partial charge in [-0.25, -0.2) is 0 Å². The van der Waals surface area contributed by atoms with Gasteiger partial charge in [0.1, 0.15) is 5.75 Å². The van der Waals surface area contributed by atoms with E-state index >= 15 is 0 Å². The summed E-state index contributed by atoms with van der Waals surface area (Å²) in [5, 5.41) is 0.606. The molecule has 0 heterocycles. The van der Waals surface area contributed by atoms with E-state index in [-0.39, 0.29) is 0 Å². The topological polar surface area (TPSA) is 9.23 Å². The second-order valence-corrected chi connectivity index (χ2v) is 3.24. The number of hydrogen-bond donors (Lipinski definition) is 1. The fourth-order valence-electron chi connectivity index (χ4n) is 0.857. The van der Waals surface area contributed by atoms with Crippen molar-refractivity contribution in [2.75, 3.05) is 7.11 Å². The highest BCUT2D eigenvalue weighted by Gasteiger charge is 2.02. The zero-order chi connectivity index (χ0) is 9.14. The lowest BCUT2D eigenvalue weighted by molar-refractivity contribution is 0.415. The molecular weight excluding hydrogens is 192 g/mol. The average molecular weight is 201 g/mol. The van der Waals surface area contributed by atoms with Crippen molar-refractivity contribution < 1.29 is 4.74 Å². The Kier molecular flexibility index (Phi) is 3.06. The Labute approximate surface area is 82.4 Å². The van der Waals surface area contributed by atoms with E-state index in [1.165, 1.54) is 0 Å². The fraction of sp³-hybridized carbons (Fsp3) is 0.111. The van der Waals surface area contributed by atoms with Gasteiger partial charge in [0.15, 0.2) is 0 Å². The van der Waals surface area contributed by atoms with E-state index < -0.39 is 0 Å². The third-order valence-corrected chi connectivity index (χ3v) is 2.04. The summed E-state index contributed by atoms with van der Waals surface area (Å²) in [5.74, 6) is 0.735. The van der Waals surface area contributed by atoms with Crippen LogP contribution in [-0.4, -0.2) is 7.11 Å². The summed E-state index contributed by atoms with van der Waals surface area (Å²) in [6.07, 6.45) is 0. The largest absolute Gasteiger partial charge is 0.497 e. The normalized spacial score (nSPS) is 9.58. The van der Waals surface area contributed by atoms with Crippen LogP contribution >= 0.6 is 24.2 Å². The number of ether oxygens (including phenoxy) is 1. The van der Waals surface area contributed by atoms with E-state index in [2.05, 4.69) is 19.2 Å². The molecule has 0 saturated carbocycles. The van der Waals surface area contributed by atoms with Crippen LogP contribution in [-0.2, 0) is 0 Å². The molecule has 1 rings (SSSR count). The van der Waals surface area contributed by atoms with Gasteiger partial charge in [0.25, 0.3) is 0 Å². The molecule has 0 unspecified atom stereocenters. The first kappa shape index (κ1) is 9.49. The van der Waals surface area contributed by atoms with Crippen molar-refractivity contribution in [3.05, 3.63) is 35.4 Å². The van der Waals surface area contributed by atoms with E-state index in [1.54, 1.807) is 13.2 Å². The van der Waals surface area contributed by atoms with Crippen molar-refractivity contribution >= 4 is 29.1 Å². The first-order chi connectivity index (χ1) is 5.65. The second-order valence-electron chi connectivity index (χ2n) is 2.29. The molecule has 0 spiro atoms. The predicted octanol–water partition coefficient (Wildman–Crippen LogP) is 3.25. The van der Waals surface area contributed by atoms with Crippen LogP contribution in [0.1, 0.15) is 5.56 Å². The molecule has 1 aromatic carbocycles. The maximum Gasteiger partial charge on any atom is 0.120 e. The van der Waals surface area contributed by atoms with E-state index in [0.29, 0.717) is 9.93 Å². The van der Waals surface area contributed by atoms with E-state index in [1.807, 2.05) is 12.1 Å². The van der Waals surface area contributed by atoms with Crippen LogP contribution < -0.4 is 4.74 Å². The summed E-state index contributed by atoms with van der Waals surface area (Å²) < 4.78 is 4.99. The maximum atomic E-state index is 5.91. The highest BCUT2D eigenvalue weighted by atomic mass is 35.5. The molecule has 1 aromatic rings. The Balaban J connectivity index is 3.12. The number of hydrogen-bond acceptors (Lipinski definition) is 2. The van der Waals surface area contributed by atoms with Crippen LogP contribution in [0.15, 0.2) is 24.8 Å². The van der Waals surface area contributed by atoms with Gasteiger partial charge in [0, 0.05) is 10.5 Å². The summed E-state index contributed by atoms with van der Waals surface area (Å²) in [5.41, 5.74) is 0.834. The third-order valence-electron chi connectivity index (χ3n) is 1.49. The molecule has 0 aliphatic heterocycles. The Hall–Kier alpha value is -0.600. The predicted molar refractivity (Wildman–Crippen MR) is 56.0 cm³/mol. The van der Waals surface area contributed by atoms with Crippen molar-refractivity contribution in [1.82, 2.24) is 0 Å². The van der Waals surface area contributed by atoms with Crippen molar-refractivity contribution in [2.24, 2.45) is 0 Å². The molecule has 1 nitrogen and oxygen atoms in total. The molecule has 0 bridgehead atoms. The van der Waals surface area contributed by atoms with Gasteiger partial charge < -0.3 is 4.74 Å². The Bertz CT molecular complexity index is 309. The second kappa shape index (κ2) is 3.87. The minimum absolute atomic E-state index is 0.606. The molecule has 0 atom stereocenters. The summed E-state index contributed by atoms with van der Waals surface area (Å²) in [6.45, 7) is 3.68. The monoisotopic (exact) mass is 200 g/mol. The van der Waals surface area contributed by atoms with E-state index in [9.17, 15) is 0 Å². The molecule has 12 heavy (non-hydrogen) atoms. The van der Waals surface area contributed by atoms with E-state index in [0.717, 1.165) is 11.3 Å². The van der Waals surface area contributed by atoms with Crippen molar-refractivity contribution in [2.45, 2.75) is 0 Å². The van der Waals surface area contributed by atoms with Crippen LogP contribution in [0.5, 0.6) is 5.75 Å². The standard InChI is InChI=1S/C9H9ClOS/c1-6(12)8-4-3-7(11-2)5-9(8)10/h3-5,12H,1H2,2H3. The lowest BCUT2D eigenvalue weighted by atomic mass is 10.2. The minimum Gasteiger partial charge on any atom is -0.497 e. The van der Waals surface area contributed by atoms with Gasteiger partial charge in [-0.1, -0.05) is 18.2 Å². The molecule has 0 amide bonds. The van der Waals surface area contributed by atoms with Crippen molar-refractivity contribution in [3.8, 4) is 5.75 Å². The Morgan fingerprint density at radius 3 is 2.67 bits per heavy atom. The first-order valence-electron chi connectivity index (χ1n) is 3.37. The molecule has 0 aliphatic carbocycles. The summed E-state index contributed by atoms with van der Waals surface area (Å²) >= 11 is 10.0. The van der Waals surface area contributed by atoms with Gasteiger partial charge in [-0.05, 0) is 18.2 Å². The molecule has 0 fully saturated rings. The van der Waals surface area contributed by atoms with Gasteiger partial charge in [-0.2, -0.15) is 0 Å². The van der Waals surface area contributed by atoms with E-state index in [4.69, 9.17) is 16.3 Å². The average Bonchev–Trinajstić information content (AvgIpc) is 2.03. The minimum atomic E-state index is 0.606. The molecule has 0 saturated heterocycles. The number of thiol groups is 1. The summed E-state index contributed by atoms with van der Waals surface area (Å²) in [4.78, 5) is 0.655. The first-order valence-corrected chi connectivity index (χ1v) is 4.19. The third kappa shape index (κ3) is 1.96. The highest BCUT2D eigenvalue weighted by Crippen LogP contribution is 2.28. The van der Waals surface area contributed by atoms with Crippen LogP contribution in [0.4, 0.5) is 0 Å². The fourth-order valence-corrected chi connectivity index (χ4v) is 1.40. The van der Waals surface area contributed by atoms with Gasteiger partial charge in [0.2, 0.25) is 0 Å². The lowest BCUT2D eigenvalue weighted by Gasteiger charge is -2.04. The smallest absolute Gasteiger partial charge is 0.120 e. The van der Waals surface area contributed by atoms with Gasteiger partial charge in [-0.15, -0.1) is 12.6 Å². The summed E-state index contributed by atoms with van der Waals surface area (Å²) in [7, 11) is 1.60. The van der Waals surface area contributed by atoms with Crippen LogP contribution in [0, 0.1) is 0 Å². The quantitative estimate of drug-likeness (QED) is 0.722. The Morgan fingerprint density at radius 1 is 1.58 bits per heavy atom. The molecule has 0 aliphatic rings. The van der Waals surface area contributed by atoms with Crippen LogP contribution in [0.3, 0.4) is 0 Å². The van der Waals surface area contributed by atoms with Crippen molar-refractivity contribution in [1.29, 1.82) is 0 Å². The number of halogens is 1. The molecule has 0 radical (unpaired) electrons. The molecular formula is C9H9ClOS. The number of rotatable bonds is 2. The number of methoxy groups -OCH3 is 1.